The van der Waals surface area contributed by atoms with Crippen LogP contribution < -0.4 is 10.5 Å². The third-order valence-electron chi connectivity index (χ3n) is 4.00. The van der Waals surface area contributed by atoms with Crippen LogP contribution in [-0.2, 0) is 5.41 Å². The van der Waals surface area contributed by atoms with Crippen LogP contribution >= 0.6 is 11.8 Å². The maximum absolute atomic E-state index is 6.08. The summed E-state index contributed by atoms with van der Waals surface area (Å²) in [4.78, 5) is 0. The van der Waals surface area contributed by atoms with Crippen LogP contribution in [0, 0.1) is 0 Å². The Morgan fingerprint density at radius 1 is 1.29 bits per heavy atom. The molecule has 1 heterocycles. The van der Waals surface area contributed by atoms with E-state index in [2.05, 4.69) is 31.2 Å². The molecular weight excluding hydrogens is 230 g/mol. The summed E-state index contributed by atoms with van der Waals surface area (Å²) in [6, 6.07) is 8.83. The SMILES string of the molecule is CC(N)C1(c2ccc(OC3CSC3)cc2)CC1. The van der Waals surface area contributed by atoms with E-state index in [0.717, 1.165) is 17.3 Å². The van der Waals surface area contributed by atoms with Gasteiger partial charge in [0.1, 0.15) is 11.9 Å². The van der Waals surface area contributed by atoms with Crippen molar-refractivity contribution in [1.29, 1.82) is 0 Å². The molecule has 92 valence electrons. The Hall–Kier alpha value is -0.670. The monoisotopic (exact) mass is 249 g/mol. The van der Waals surface area contributed by atoms with Crippen LogP contribution in [0.3, 0.4) is 0 Å². The second-order valence-electron chi connectivity index (χ2n) is 5.25. The summed E-state index contributed by atoms with van der Waals surface area (Å²) < 4.78 is 5.85. The largest absolute Gasteiger partial charge is 0.489 e. The molecule has 3 rings (SSSR count). The van der Waals surface area contributed by atoms with Gasteiger partial charge in [-0.05, 0) is 37.5 Å². The van der Waals surface area contributed by atoms with Crippen molar-refractivity contribution in [2.45, 2.75) is 37.3 Å². The number of nitrogens with two attached hydrogens (primary N) is 1. The first-order valence-corrected chi connectivity index (χ1v) is 7.47. The van der Waals surface area contributed by atoms with Gasteiger partial charge in [-0.1, -0.05) is 12.1 Å². The molecule has 0 spiro atoms. The van der Waals surface area contributed by atoms with Crippen molar-refractivity contribution >= 4 is 11.8 Å². The Balaban J connectivity index is 1.71. The molecular formula is C14H19NOS. The van der Waals surface area contributed by atoms with E-state index in [9.17, 15) is 0 Å². The minimum atomic E-state index is 0.248. The lowest BCUT2D eigenvalue weighted by Crippen LogP contribution is -2.32. The number of rotatable bonds is 4. The first-order valence-electron chi connectivity index (χ1n) is 6.31. The Kier molecular flexibility index (Phi) is 2.83. The average Bonchev–Trinajstić information content (AvgIpc) is 3.05. The number of ether oxygens (including phenoxy) is 1. The molecule has 17 heavy (non-hydrogen) atoms. The molecule has 2 N–H and O–H groups in total. The standard InChI is InChI=1S/C14H19NOS/c1-10(15)14(6-7-14)11-2-4-12(5-3-11)16-13-8-17-9-13/h2-5,10,13H,6-9,15H2,1H3. The molecule has 1 saturated carbocycles. The maximum atomic E-state index is 6.08. The average molecular weight is 249 g/mol. The van der Waals surface area contributed by atoms with Crippen molar-refractivity contribution in [3.8, 4) is 5.75 Å². The van der Waals surface area contributed by atoms with E-state index in [1.807, 2.05) is 11.8 Å². The summed E-state index contributed by atoms with van der Waals surface area (Å²) >= 11 is 1.94. The second kappa shape index (κ2) is 4.21. The van der Waals surface area contributed by atoms with E-state index >= 15 is 0 Å². The fraction of sp³-hybridized carbons (Fsp3) is 0.571. The number of thioether (sulfide) groups is 1. The molecule has 0 amide bonds. The highest BCUT2D eigenvalue weighted by molar-refractivity contribution is 8.00. The van der Waals surface area contributed by atoms with E-state index in [0.29, 0.717) is 6.10 Å². The fourth-order valence-corrected chi connectivity index (χ4v) is 3.05. The molecule has 3 heteroatoms. The molecule has 1 aliphatic carbocycles. The number of hydrogen-bond donors (Lipinski definition) is 1. The molecule has 2 aliphatic rings. The van der Waals surface area contributed by atoms with Crippen molar-refractivity contribution in [2.24, 2.45) is 5.73 Å². The smallest absolute Gasteiger partial charge is 0.119 e. The summed E-state index contributed by atoms with van der Waals surface area (Å²) in [7, 11) is 0. The molecule has 1 unspecified atom stereocenters. The lowest BCUT2D eigenvalue weighted by atomic mass is 9.89. The van der Waals surface area contributed by atoms with Gasteiger partial charge in [0, 0.05) is 23.0 Å². The first kappa shape index (κ1) is 11.4. The maximum Gasteiger partial charge on any atom is 0.119 e. The normalized spacial score (nSPS) is 23.9. The Morgan fingerprint density at radius 2 is 1.94 bits per heavy atom. The Bertz CT molecular complexity index is 393. The predicted octanol–water partition coefficient (Wildman–Crippen LogP) is 2.56. The van der Waals surface area contributed by atoms with Gasteiger partial charge in [-0.3, -0.25) is 0 Å². The van der Waals surface area contributed by atoms with Crippen molar-refractivity contribution < 1.29 is 4.74 Å². The van der Waals surface area contributed by atoms with Gasteiger partial charge in [0.05, 0.1) is 0 Å². The van der Waals surface area contributed by atoms with E-state index in [1.165, 1.54) is 18.4 Å². The van der Waals surface area contributed by atoms with E-state index < -0.39 is 0 Å². The third kappa shape index (κ3) is 2.06. The molecule has 1 aromatic rings. The summed E-state index contributed by atoms with van der Waals surface area (Å²) in [6.07, 6.45) is 2.88. The van der Waals surface area contributed by atoms with Gasteiger partial charge in [0.2, 0.25) is 0 Å². The van der Waals surface area contributed by atoms with Crippen LogP contribution in [0.4, 0.5) is 0 Å². The lowest BCUT2D eigenvalue weighted by molar-refractivity contribution is 0.240. The Labute approximate surface area is 107 Å². The van der Waals surface area contributed by atoms with Crippen LogP contribution in [-0.4, -0.2) is 23.7 Å². The summed E-state index contributed by atoms with van der Waals surface area (Å²) in [5.74, 6) is 3.26. The zero-order valence-electron chi connectivity index (χ0n) is 10.2. The summed E-state index contributed by atoms with van der Waals surface area (Å²) in [6.45, 7) is 2.11. The van der Waals surface area contributed by atoms with Gasteiger partial charge < -0.3 is 10.5 Å². The van der Waals surface area contributed by atoms with Crippen LogP contribution in [0.5, 0.6) is 5.75 Å². The van der Waals surface area contributed by atoms with Crippen LogP contribution in [0.15, 0.2) is 24.3 Å². The van der Waals surface area contributed by atoms with Crippen molar-refractivity contribution in [3.63, 3.8) is 0 Å². The van der Waals surface area contributed by atoms with E-state index in [-0.39, 0.29) is 11.5 Å². The molecule has 2 fully saturated rings. The number of benzene rings is 1. The highest BCUT2D eigenvalue weighted by Crippen LogP contribution is 2.50. The van der Waals surface area contributed by atoms with Gasteiger partial charge in [-0.2, -0.15) is 11.8 Å². The fourth-order valence-electron chi connectivity index (χ4n) is 2.48. The van der Waals surface area contributed by atoms with Gasteiger partial charge in [-0.25, -0.2) is 0 Å². The van der Waals surface area contributed by atoms with E-state index in [1.54, 1.807) is 0 Å². The van der Waals surface area contributed by atoms with Crippen molar-refractivity contribution in [3.05, 3.63) is 29.8 Å². The van der Waals surface area contributed by atoms with E-state index in [4.69, 9.17) is 10.5 Å². The molecule has 1 aromatic carbocycles. The topological polar surface area (TPSA) is 35.2 Å². The summed E-state index contributed by atoms with van der Waals surface area (Å²) in [5, 5.41) is 0. The molecule has 0 aromatic heterocycles. The van der Waals surface area contributed by atoms with Crippen LogP contribution in [0.25, 0.3) is 0 Å². The van der Waals surface area contributed by atoms with Gasteiger partial charge in [0.15, 0.2) is 0 Å². The number of hydrogen-bond acceptors (Lipinski definition) is 3. The zero-order chi connectivity index (χ0) is 11.9. The van der Waals surface area contributed by atoms with Gasteiger partial charge in [0.25, 0.3) is 0 Å². The zero-order valence-corrected chi connectivity index (χ0v) is 11.0. The van der Waals surface area contributed by atoms with Crippen molar-refractivity contribution in [2.75, 3.05) is 11.5 Å². The molecule has 1 aliphatic heterocycles. The van der Waals surface area contributed by atoms with Crippen LogP contribution in [0.2, 0.25) is 0 Å². The predicted molar refractivity (Wildman–Crippen MR) is 72.7 cm³/mol. The van der Waals surface area contributed by atoms with Gasteiger partial charge in [-0.15, -0.1) is 0 Å². The first-order chi connectivity index (χ1) is 8.21. The van der Waals surface area contributed by atoms with Crippen LogP contribution in [0.1, 0.15) is 25.3 Å². The Morgan fingerprint density at radius 3 is 2.35 bits per heavy atom. The second-order valence-corrected chi connectivity index (χ2v) is 6.32. The minimum absolute atomic E-state index is 0.248. The molecule has 0 bridgehead atoms. The third-order valence-corrected chi connectivity index (χ3v) is 5.21. The van der Waals surface area contributed by atoms with Gasteiger partial charge >= 0.3 is 0 Å². The molecule has 0 radical (unpaired) electrons. The molecule has 1 saturated heterocycles. The lowest BCUT2D eigenvalue weighted by Gasteiger charge is -2.26. The van der Waals surface area contributed by atoms with Crippen molar-refractivity contribution in [1.82, 2.24) is 0 Å². The summed E-state index contributed by atoms with van der Waals surface area (Å²) in [5.41, 5.74) is 7.71. The molecule has 1 atom stereocenters. The minimum Gasteiger partial charge on any atom is -0.489 e. The highest BCUT2D eigenvalue weighted by Gasteiger charge is 2.47. The highest BCUT2D eigenvalue weighted by atomic mass is 32.2. The molecule has 2 nitrogen and oxygen atoms in total. The quantitative estimate of drug-likeness (QED) is 0.890.